The highest BCUT2D eigenvalue weighted by molar-refractivity contribution is 6.36. The number of nitrogens with one attached hydrogen (secondary N) is 1. The van der Waals surface area contributed by atoms with E-state index < -0.39 is 0 Å². The van der Waals surface area contributed by atoms with Crippen molar-refractivity contribution in [3.8, 4) is 0 Å². The SMILES string of the molecule is [B]c1cnn2c(NCC3=CN=CCC3)cc(C3CCN(C4C[C@@H]5CC56C[C@H]46)CC3)nc12. The van der Waals surface area contributed by atoms with Crippen LogP contribution in [0.15, 0.2) is 29.0 Å². The number of piperidine rings is 1. The third kappa shape index (κ3) is 2.92. The first kappa shape index (κ1) is 18.4. The van der Waals surface area contributed by atoms with Gasteiger partial charge in [0.1, 0.15) is 19.3 Å². The molecule has 7 rings (SSSR count). The zero-order chi connectivity index (χ0) is 20.6. The number of likely N-dealkylation sites (tertiary alicyclic amines) is 1. The summed E-state index contributed by atoms with van der Waals surface area (Å²) in [5.74, 6) is 3.58. The van der Waals surface area contributed by atoms with Crippen molar-refractivity contribution >= 4 is 31.0 Å². The van der Waals surface area contributed by atoms with E-state index >= 15 is 0 Å². The molecule has 0 amide bonds. The Morgan fingerprint density at radius 3 is 2.87 bits per heavy atom. The fourth-order valence-corrected chi connectivity index (χ4v) is 6.90. The first-order valence-electron chi connectivity index (χ1n) is 12.0. The molecule has 4 atom stereocenters. The van der Waals surface area contributed by atoms with Gasteiger partial charge in [-0.2, -0.15) is 9.61 Å². The Morgan fingerprint density at radius 2 is 2.13 bits per heavy atom. The van der Waals surface area contributed by atoms with E-state index in [0.717, 1.165) is 59.8 Å². The van der Waals surface area contributed by atoms with E-state index in [1.165, 1.54) is 44.3 Å². The van der Waals surface area contributed by atoms with Crippen LogP contribution in [0.3, 0.4) is 0 Å². The Hall–Kier alpha value is -2.15. The van der Waals surface area contributed by atoms with E-state index in [-0.39, 0.29) is 0 Å². The first-order valence-corrected chi connectivity index (χ1v) is 12.0. The van der Waals surface area contributed by atoms with Crippen LogP contribution in [0, 0.1) is 17.3 Å². The normalized spacial score (nSPS) is 34.5. The molecule has 4 fully saturated rings. The van der Waals surface area contributed by atoms with Crippen LogP contribution in [-0.4, -0.2) is 59.2 Å². The molecule has 1 spiro atoms. The summed E-state index contributed by atoms with van der Waals surface area (Å²) in [6, 6.07) is 3.08. The van der Waals surface area contributed by atoms with Gasteiger partial charge in [0.15, 0.2) is 0 Å². The number of hydrogen-bond donors (Lipinski definition) is 1. The second-order valence-electron chi connectivity index (χ2n) is 10.5. The van der Waals surface area contributed by atoms with Crippen molar-refractivity contribution in [1.82, 2.24) is 19.5 Å². The molecule has 4 heterocycles. The molecule has 3 saturated carbocycles. The monoisotopic (exact) mass is 412 g/mol. The van der Waals surface area contributed by atoms with Crippen molar-refractivity contribution in [3.05, 3.63) is 29.7 Å². The molecule has 0 aromatic carbocycles. The Kier molecular flexibility index (Phi) is 3.97. The molecule has 2 aliphatic heterocycles. The standard InChI is InChI=1S/C24H29BN6/c25-19-14-28-31-22(27-13-15-2-1-5-26-12-15)9-20(29-23(19)31)16-3-6-30(7-4-16)21-8-17-10-24(17)11-18(21)24/h5,9,12,14,16-18,21,27H,1-4,6-8,10-11,13H2/t17-,18-,21?,24?/m1/s1. The van der Waals surface area contributed by atoms with Crippen LogP contribution in [0.5, 0.6) is 0 Å². The van der Waals surface area contributed by atoms with Gasteiger partial charge in [-0.25, -0.2) is 4.98 Å². The molecule has 2 aromatic heterocycles. The maximum absolute atomic E-state index is 6.21. The van der Waals surface area contributed by atoms with E-state index in [2.05, 4.69) is 26.4 Å². The second kappa shape index (κ2) is 6.68. The molecule has 2 aromatic rings. The molecule has 7 heteroatoms. The number of rotatable bonds is 5. The van der Waals surface area contributed by atoms with Crippen molar-refractivity contribution in [2.75, 3.05) is 25.0 Å². The molecule has 3 aliphatic carbocycles. The average molecular weight is 412 g/mol. The predicted octanol–water partition coefficient (Wildman–Crippen LogP) is 2.66. The van der Waals surface area contributed by atoms with Crippen molar-refractivity contribution in [2.24, 2.45) is 22.2 Å². The van der Waals surface area contributed by atoms with Crippen LogP contribution in [-0.2, 0) is 0 Å². The van der Waals surface area contributed by atoms with Gasteiger partial charge in [0.25, 0.3) is 0 Å². The molecular formula is C24H29BN6. The summed E-state index contributed by atoms with van der Waals surface area (Å²) in [7, 11) is 6.21. The summed E-state index contributed by atoms with van der Waals surface area (Å²) in [5, 5.41) is 8.04. The molecule has 1 saturated heterocycles. The molecule has 5 aliphatic rings. The summed E-state index contributed by atoms with van der Waals surface area (Å²) >= 11 is 0. The van der Waals surface area contributed by atoms with Crippen LogP contribution in [0.1, 0.15) is 56.6 Å². The molecule has 1 N–H and O–H groups in total. The van der Waals surface area contributed by atoms with E-state index in [9.17, 15) is 0 Å². The Balaban J connectivity index is 1.09. The van der Waals surface area contributed by atoms with Gasteiger partial charge >= 0.3 is 0 Å². The van der Waals surface area contributed by atoms with Crippen molar-refractivity contribution < 1.29 is 0 Å². The number of nitrogens with zero attached hydrogens (tertiary/aromatic N) is 5. The average Bonchev–Trinajstić information content (AvgIpc) is 3.66. The van der Waals surface area contributed by atoms with Crippen molar-refractivity contribution in [1.29, 1.82) is 0 Å². The van der Waals surface area contributed by atoms with Gasteiger partial charge in [-0.1, -0.05) is 0 Å². The van der Waals surface area contributed by atoms with Crippen molar-refractivity contribution in [3.63, 3.8) is 0 Å². The Morgan fingerprint density at radius 1 is 1.23 bits per heavy atom. The van der Waals surface area contributed by atoms with Gasteiger partial charge in [-0.15, -0.1) is 0 Å². The number of anilines is 1. The minimum absolute atomic E-state index is 0.499. The third-order valence-corrected chi connectivity index (χ3v) is 8.84. The summed E-state index contributed by atoms with van der Waals surface area (Å²) in [6.45, 7) is 3.20. The van der Waals surface area contributed by atoms with E-state index in [1.807, 2.05) is 16.9 Å². The predicted molar refractivity (Wildman–Crippen MR) is 123 cm³/mol. The lowest BCUT2D eigenvalue weighted by Crippen LogP contribution is -2.42. The maximum atomic E-state index is 6.21. The highest BCUT2D eigenvalue weighted by atomic mass is 15.3. The largest absolute Gasteiger partial charge is 0.366 e. The van der Waals surface area contributed by atoms with E-state index in [1.54, 1.807) is 12.6 Å². The van der Waals surface area contributed by atoms with Gasteiger partial charge in [0.05, 0.1) is 0 Å². The highest BCUT2D eigenvalue weighted by Crippen LogP contribution is 2.82. The highest BCUT2D eigenvalue weighted by Gasteiger charge is 2.77. The maximum Gasteiger partial charge on any atom is 0.150 e. The quantitative estimate of drug-likeness (QED) is 0.768. The Bertz CT molecular complexity index is 1100. The van der Waals surface area contributed by atoms with Crippen LogP contribution in [0.25, 0.3) is 5.65 Å². The van der Waals surface area contributed by atoms with Crippen molar-refractivity contribution in [2.45, 2.75) is 56.9 Å². The van der Waals surface area contributed by atoms with Gasteiger partial charge in [-0.3, -0.25) is 4.99 Å². The first-order chi connectivity index (χ1) is 15.2. The summed E-state index contributed by atoms with van der Waals surface area (Å²) in [4.78, 5) is 12.1. The molecule has 158 valence electrons. The lowest BCUT2D eigenvalue weighted by atomic mass is 9.91. The van der Waals surface area contributed by atoms with Gasteiger partial charge in [0, 0.05) is 48.9 Å². The molecule has 0 bridgehead atoms. The lowest BCUT2D eigenvalue weighted by molar-refractivity contribution is 0.132. The summed E-state index contributed by atoms with van der Waals surface area (Å²) < 4.78 is 1.85. The van der Waals surface area contributed by atoms with E-state index in [4.69, 9.17) is 12.8 Å². The number of aromatic nitrogens is 3. The summed E-state index contributed by atoms with van der Waals surface area (Å²) in [5.41, 5.74) is 4.74. The molecule has 2 unspecified atom stereocenters. The number of hydrogen-bond acceptors (Lipinski definition) is 5. The van der Waals surface area contributed by atoms with Gasteiger partial charge < -0.3 is 10.2 Å². The zero-order valence-corrected chi connectivity index (χ0v) is 18.0. The van der Waals surface area contributed by atoms with E-state index in [0.29, 0.717) is 11.4 Å². The fourth-order valence-electron chi connectivity index (χ4n) is 6.90. The fraction of sp³-hybridized carbons (Fsp3) is 0.625. The Labute approximate surface area is 184 Å². The zero-order valence-electron chi connectivity index (χ0n) is 18.0. The van der Waals surface area contributed by atoms with Crippen LogP contribution < -0.4 is 10.8 Å². The van der Waals surface area contributed by atoms with Gasteiger partial charge in [-0.05, 0) is 86.3 Å². The minimum atomic E-state index is 0.499. The summed E-state index contributed by atoms with van der Waals surface area (Å²) in [6.07, 6.45) is 14.7. The second-order valence-corrected chi connectivity index (χ2v) is 10.5. The molecule has 31 heavy (non-hydrogen) atoms. The minimum Gasteiger partial charge on any atom is -0.366 e. The lowest BCUT2D eigenvalue weighted by Gasteiger charge is -2.37. The van der Waals surface area contributed by atoms with Crippen LogP contribution in [0.4, 0.5) is 5.82 Å². The smallest absolute Gasteiger partial charge is 0.150 e. The number of fused-ring (bicyclic) bond motifs is 1. The third-order valence-electron chi connectivity index (χ3n) is 8.84. The molecule has 2 radical (unpaired) electrons. The van der Waals surface area contributed by atoms with Crippen LogP contribution in [0.2, 0.25) is 0 Å². The number of aliphatic imine (C=N–C) groups is 1. The topological polar surface area (TPSA) is 57.8 Å². The molecular weight excluding hydrogens is 383 g/mol. The molecule has 6 nitrogen and oxygen atoms in total. The van der Waals surface area contributed by atoms with Gasteiger partial charge in [0.2, 0.25) is 0 Å². The van der Waals surface area contributed by atoms with Crippen LogP contribution >= 0.6 is 0 Å².